The molecule has 0 spiro atoms. The normalized spacial score (nSPS) is 51.9. The van der Waals surface area contributed by atoms with E-state index in [1.165, 1.54) is 13.8 Å². The number of rotatable bonds is 25. The Bertz CT molecular complexity index is 2680. The molecule has 46 nitrogen and oxygen atoms in total. The molecule has 2 amide bonds. The highest BCUT2D eigenvalue weighted by molar-refractivity contribution is 5.73. The third-order valence-electron chi connectivity index (χ3n) is 19.5. The second-order valence-electron chi connectivity index (χ2n) is 26.6. The van der Waals surface area contributed by atoms with Gasteiger partial charge in [0.2, 0.25) is 11.8 Å². The molecule has 0 aromatic rings. The Labute approximate surface area is 589 Å². The van der Waals surface area contributed by atoms with E-state index in [4.69, 9.17) is 80.5 Å². The second-order valence-corrected chi connectivity index (χ2v) is 26.6. The zero-order valence-corrected chi connectivity index (χ0v) is 55.9. The molecule has 0 aromatic heterocycles. The third kappa shape index (κ3) is 17.9. The molecule has 46 heteroatoms. The van der Waals surface area contributed by atoms with Crippen molar-refractivity contribution in [1.29, 1.82) is 0 Å². The summed E-state index contributed by atoms with van der Waals surface area (Å²) >= 11 is 0. The maximum atomic E-state index is 13.5. The highest BCUT2D eigenvalue weighted by Crippen LogP contribution is 2.41. The fraction of sp³-hybridized carbons (Fsp3) is 0.966. The molecule has 604 valence electrons. The maximum absolute atomic E-state index is 13.5. The monoisotopic (exact) mass is 1530 g/mol. The van der Waals surface area contributed by atoms with E-state index in [9.17, 15) is 137 Å². The van der Waals surface area contributed by atoms with Gasteiger partial charge in [-0.2, -0.15) is 0 Å². The number of hydrogen-bond acceptors (Lipinski definition) is 44. The summed E-state index contributed by atoms with van der Waals surface area (Å²) in [6, 6.07) is -4.03. The first-order valence-corrected chi connectivity index (χ1v) is 33.4. The van der Waals surface area contributed by atoms with Crippen molar-refractivity contribution >= 4 is 11.8 Å². The smallest absolute Gasteiger partial charge is 0.217 e. The van der Waals surface area contributed by atoms with E-state index in [0.717, 1.165) is 13.8 Å². The molecule has 0 bridgehead atoms. The van der Waals surface area contributed by atoms with Crippen LogP contribution in [0.25, 0.3) is 0 Å². The lowest BCUT2D eigenvalue weighted by molar-refractivity contribution is -0.402. The number of aliphatic hydroxyl groups excluding tert-OH is 25. The third-order valence-corrected chi connectivity index (χ3v) is 19.5. The van der Waals surface area contributed by atoms with Gasteiger partial charge in [0.25, 0.3) is 0 Å². The van der Waals surface area contributed by atoms with Crippen LogP contribution in [0.2, 0.25) is 0 Å². The molecule has 9 aliphatic heterocycles. The average Bonchev–Trinajstić information content (AvgIpc) is 0.762. The van der Waals surface area contributed by atoms with Crippen molar-refractivity contribution in [2.24, 2.45) is 0 Å². The van der Waals surface area contributed by atoms with Crippen molar-refractivity contribution in [2.45, 2.75) is 304 Å². The van der Waals surface area contributed by atoms with Gasteiger partial charge in [0, 0.05) is 13.8 Å². The fourth-order valence-electron chi connectivity index (χ4n) is 13.6. The van der Waals surface area contributed by atoms with E-state index in [-0.39, 0.29) is 0 Å². The molecule has 0 aromatic carbocycles. The number of amides is 2. The molecule has 0 unspecified atom stereocenters. The predicted molar refractivity (Wildman–Crippen MR) is 317 cm³/mol. The van der Waals surface area contributed by atoms with Gasteiger partial charge in [-0.3, -0.25) is 9.59 Å². The molecule has 0 saturated carbocycles. The molecule has 0 aliphatic carbocycles. The Morgan fingerprint density at radius 2 is 0.500 bits per heavy atom. The van der Waals surface area contributed by atoms with Gasteiger partial charge in [-0.15, -0.1) is 0 Å². The number of nitrogens with one attached hydrogen (secondary N) is 2. The van der Waals surface area contributed by atoms with E-state index >= 15 is 0 Å². The van der Waals surface area contributed by atoms with E-state index in [1.54, 1.807) is 0 Å². The fourth-order valence-corrected chi connectivity index (χ4v) is 13.6. The summed E-state index contributed by atoms with van der Waals surface area (Å²) in [6.07, 6.45) is -87.6. The lowest BCUT2D eigenvalue weighted by atomic mass is 9.93. The average molecular weight is 1530 g/mol. The second kappa shape index (κ2) is 36.6. The Kier molecular flexibility index (Phi) is 30.0. The summed E-state index contributed by atoms with van der Waals surface area (Å²) in [4.78, 5) is 26.9. The molecule has 9 fully saturated rings. The lowest BCUT2D eigenvalue weighted by Crippen LogP contribution is -2.72. The van der Waals surface area contributed by atoms with Crippen LogP contribution in [0.5, 0.6) is 0 Å². The minimum absolute atomic E-state index is 0.925. The molecule has 9 rings (SSSR count). The molecule has 45 atom stereocenters. The Morgan fingerprint density at radius 3 is 0.827 bits per heavy atom. The highest BCUT2D eigenvalue weighted by Gasteiger charge is 2.62. The van der Waals surface area contributed by atoms with Crippen LogP contribution in [-0.2, 0) is 90.1 Å². The van der Waals surface area contributed by atoms with Crippen molar-refractivity contribution in [3.8, 4) is 0 Å². The molecular weight excluding hydrogens is 1430 g/mol. The van der Waals surface area contributed by atoms with Crippen molar-refractivity contribution in [1.82, 2.24) is 10.6 Å². The van der Waals surface area contributed by atoms with Gasteiger partial charge >= 0.3 is 0 Å². The first kappa shape index (κ1) is 85.3. The largest absolute Gasteiger partial charge is 0.394 e. The van der Waals surface area contributed by atoms with Gasteiger partial charge in [0.05, 0.1) is 58.5 Å². The van der Waals surface area contributed by atoms with Gasteiger partial charge in [0.15, 0.2) is 56.6 Å². The number of ether oxygens (including phenoxy) is 17. The van der Waals surface area contributed by atoms with Crippen LogP contribution in [0.15, 0.2) is 0 Å². The standard InChI is InChI=1S/C58H98N2O44/c1-12-25(70)31(76)36(81)53(88-12)100-45-23(59-14(3)68)51(102-47-28(73)17(6-62)92-56(39(47)84)97-42-20(9-65)90-50(87)35(80)34(42)79)95-21(10-66)43(45)98-57-40(85)48(29(74)18(7-63)93-57)103-52-24(60-15(4)69)46(101-54-37(82)32(77)26(71)13(2)89-54)44(22(11-67)96-52)99-58-41(86)49(30(75)19(8-64)94-58)104-55-38(83)33(78)27(72)16(5-61)91-55/h12-13,16-58,61-67,70-87H,5-11H2,1-4H3,(H,59,68)(H,60,69)/t12-,13-,16+,17+,18+,19+,20+,21+,22+,23+,24+,25+,26+,27-,28-,29-,30-,31+,32+,33-,34+,35+,36-,37-,38+,39+,40+,41+,42+,43+,44+,45+,46+,47-,48-,49-,50-,51-,52-,53-,54-,55+,56-,57-,58-/m0/s1. The van der Waals surface area contributed by atoms with Crippen LogP contribution < -0.4 is 10.6 Å². The van der Waals surface area contributed by atoms with E-state index in [0.29, 0.717) is 0 Å². The quantitative estimate of drug-likeness (QED) is 0.0404. The zero-order chi connectivity index (χ0) is 76.5. The Morgan fingerprint density at radius 1 is 0.250 bits per heavy atom. The molecule has 9 aliphatic rings. The number of hydrogen-bond donors (Lipinski definition) is 27. The van der Waals surface area contributed by atoms with Gasteiger partial charge in [-0.05, 0) is 13.8 Å². The summed E-state index contributed by atoms with van der Waals surface area (Å²) < 4.78 is 101. The predicted octanol–water partition coefficient (Wildman–Crippen LogP) is -18.3. The SMILES string of the molecule is CC(=O)N[C@H]1[C@H](O[C@H]2[C@@H](O)[C@@H](CO)O[C@@H](O[C@H]3[C@H](O)[C@@H](O)[C@@H](O)O[C@@H]3CO)[C@@H]2O)O[C@H](CO)[C@@H](O[C@@H]2O[C@H](CO)[C@H](O)[C@H](O[C@@H]3O[C@H](CO)[C@@H](O[C@@H]4O[C@H](CO)[C@H](O)[C@H](O[C@H]5O[C@H](CO)[C@H](O)[C@H](O)[C@H]5O)[C@H]4O)[C@H](O[C@@H]4O[C@@H](C)[C@@H](O)[C@@H](O)[C@@H]4O)[C@H]3NC(C)=O)[C@H]2O)[C@@H]1O[C@@H]1O[C@@H](C)[C@@H](O)[C@@H](O)[C@@H]1O. The minimum atomic E-state index is -2.49. The van der Waals surface area contributed by atoms with Crippen molar-refractivity contribution in [3.63, 3.8) is 0 Å². The number of carbonyl (C=O) groups is 2. The van der Waals surface area contributed by atoms with Crippen molar-refractivity contribution < 1.29 is 218 Å². The minimum Gasteiger partial charge on any atom is -0.394 e. The van der Waals surface area contributed by atoms with E-state index < -0.39 is 334 Å². The van der Waals surface area contributed by atoms with Crippen molar-refractivity contribution in [3.05, 3.63) is 0 Å². The molecule has 9 heterocycles. The maximum Gasteiger partial charge on any atom is 0.217 e. The number of carbonyl (C=O) groups excluding carboxylic acids is 2. The Hall–Kier alpha value is -2.74. The van der Waals surface area contributed by atoms with Gasteiger partial charge in [0.1, 0.15) is 207 Å². The highest BCUT2D eigenvalue weighted by atomic mass is 16.8. The molecule has 9 saturated heterocycles. The summed E-state index contributed by atoms with van der Waals surface area (Å²) in [5, 5.41) is 280. The van der Waals surface area contributed by atoms with E-state index in [2.05, 4.69) is 10.6 Å². The molecule has 0 radical (unpaired) electrons. The summed E-state index contributed by atoms with van der Waals surface area (Å²) in [5.74, 6) is -1.99. The zero-order valence-electron chi connectivity index (χ0n) is 55.9. The summed E-state index contributed by atoms with van der Waals surface area (Å²) in [6.45, 7) is -3.45. The van der Waals surface area contributed by atoms with Crippen LogP contribution in [0, 0.1) is 0 Å². The molecule has 104 heavy (non-hydrogen) atoms. The molecule has 27 N–H and O–H groups in total. The molecular formula is C58H98N2O44. The number of aliphatic hydroxyl groups is 25. The first-order chi connectivity index (χ1) is 49.2. The van der Waals surface area contributed by atoms with E-state index in [1.807, 2.05) is 0 Å². The lowest BCUT2D eigenvalue weighted by Gasteiger charge is -2.53. The van der Waals surface area contributed by atoms with Crippen LogP contribution in [0.1, 0.15) is 27.7 Å². The topological polar surface area (TPSA) is 721 Å². The van der Waals surface area contributed by atoms with Crippen LogP contribution in [0.3, 0.4) is 0 Å². The van der Waals surface area contributed by atoms with Crippen LogP contribution in [-0.4, -0.2) is 462 Å². The Balaban J connectivity index is 1.05. The summed E-state index contributed by atoms with van der Waals surface area (Å²) in [7, 11) is 0. The van der Waals surface area contributed by atoms with Crippen LogP contribution >= 0.6 is 0 Å². The van der Waals surface area contributed by atoms with Gasteiger partial charge < -0.3 is 219 Å². The van der Waals surface area contributed by atoms with Crippen molar-refractivity contribution in [2.75, 3.05) is 46.2 Å². The van der Waals surface area contributed by atoms with Gasteiger partial charge in [-0.25, -0.2) is 0 Å². The van der Waals surface area contributed by atoms with Crippen LogP contribution in [0.4, 0.5) is 0 Å². The van der Waals surface area contributed by atoms with Gasteiger partial charge in [-0.1, -0.05) is 0 Å². The summed E-state index contributed by atoms with van der Waals surface area (Å²) in [5.41, 5.74) is 0. The first-order valence-electron chi connectivity index (χ1n) is 33.4.